The molecule has 0 aromatic heterocycles. The van der Waals surface area contributed by atoms with Gasteiger partial charge in [-0.25, -0.2) is 0 Å². The largest absolute Gasteiger partial charge is 0.480 e. The van der Waals surface area contributed by atoms with Crippen LogP contribution in [-0.2, 0) is 13.4 Å². The summed E-state index contributed by atoms with van der Waals surface area (Å²) in [7, 11) is 0. The Balaban J connectivity index is 0. The van der Waals surface area contributed by atoms with E-state index in [0.717, 1.165) is 19.3 Å². The lowest BCUT2D eigenvalue weighted by Gasteiger charge is -1.98. The van der Waals surface area contributed by atoms with Crippen LogP contribution in [0.5, 0.6) is 0 Å². The highest BCUT2D eigenvalue weighted by Gasteiger charge is 2.09. The van der Waals surface area contributed by atoms with Crippen molar-refractivity contribution in [3.05, 3.63) is 0 Å². The second-order valence-corrected chi connectivity index (χ2v) is 4.58. The molecular formula is C10H18Br2O4. The van der Waals surface area contributed by atoms with Gasteiger partial charge in [0.25, 0.3) is 0 Å². The van der Waals surface area contributed by atoms with Crippen molar-refractivity contribution in [1.29, 1.82) is 0 Å². The fraction of sp³-hybridized carbons (Fsp3) is 0.800. The minimum atomic E-state index is -0.771. The predicted octanol–water partition coefficient (Wildman–Crippen LogP) is 3.66. The smallest absolute Gasteiger partial charge is 0.317 e. The zero-order valence-electron chi connectivity index (χ0n) is 9.54. The molecule has 1 N–H and O–H groups in total. The summed E-state index contributed by atoms with van der Waals surface area (Å²) >= 11 is 5.60. The molecular weight excluding hydrogens is 344 g/mol. The normalized spacial score (nSPS) is 11.0. The lowest BCUT2D eigenvalue weighted by molar-refractivity contribution is -0.136. The topological polar surface area (TPSA) is 63.6 Å². The van der Waals surface area contributed by atoms with Crippen LogP contribution >= 0.6 is 32.2 Å². The Hall–Kier alpha value is -0.100. The SMILES string of the molecule is CCCC(Br)C(=O)O.CCCCC(=O)OBr. The first-order chi connectivity index (χ1) is 7.49. The molecule has 0 heterocycles. The van der Waals surface area contributed by atoms with Gasteiger partial charge in [-0.3, -0.25) is 9.59 Å². The van der Waals surface area contributed by atoms with Crippen LogP contribution in [0.2, 0.25) is 0 Å². The molecule has 4 nitrogen and oxygen atoms in total. The summed E-state index contributed by atoms with van der Waals surface area (Å²) in [6.07, 6.45) is 4.06. The second-order valence-electron chi connectivity index (χ2n) is 3.15. The van der Waals surface area contributed by atoms with Gasteiger partial charge in [-0.1, -0.05) is 42.6 Å². The molecule has 96 valence electrons. The summed E-state index contributed by atoms with van der Waals surface area (Å²) in [6, 6.07) is 0. The van der Waals surface area contributed by atoms with Gasteiger partial charge in [-0.2, -0.15) is 0 Å². The van der Waals surface area contributed by atoms with E-state index in [1.54, 1.807) is 0 Å². The first-order valence-corrected chi connectivity index (χ1v) is 6.74. The molecule has 0 aliphatic rings. The van der Waals surface area contributed by atoms with Crippen molar-refractivity contribution in [2.75, 3.05) is 0 Å². The maximum Gasteiger partial charge on any atom is 0.317 e. The van der Waals surface area contributed by atoms with Crippen LogP contribution in [0.4, 0.5) is 0 Å². The van der Waals surface area contributed by atoms with E-state index in [1.165, 1.54) is 0 Å². The fourth-order valence-electron chi connectivity index (χ4n) is 0.737. The summed E-state index contributed by atoms with van der Waals surface area (Å²) in [4.78, 5) is 20.0. The van der Waals surface area contributed by atoms with Crippen molar-refractivity contribution in [2.24, 2.45) is 0 Å². The molecule has 0 saturated carbocycles. The molecule has 0 bridgehead atoms. The van der Waals surface area contributed by atoms with E-state index in [-0.39, 0.29) is 10.8 Å². The van der Waals surface area contributed by atoms with Gasteiger partial charge in [0.2, 0.25) is 0 Å². The molecule has 0 rings (SSSR count). The predicted molar refractivity (Wildman–Crippen MR) is 69.8 cm³/mol. The van der Waals surface area contributed by atoms with Gasteiger partial charge in [0.15, 0.2) is 16.3 Å². The van der Waals surface area contributed by atoms with E-state index in [4.69, 9.17) is 5.11 Å². The molecule has 1 unspecified atom stereocenters. The molecule has 0 fully saturated rings. The highest BCUT2D eigenvalue weighted by molar-refractivity contribution is 9.10. The highest BCUT2D eigenvalue weighted by atomic mass is 79.9. The minimum Gasteiger partial charge on any atom is -0.480 e. The number of rotatable bonds is 6. The summed E-state index contributed by atoms with van der Waals surface area (Å²) < 4.78 is 4.23. The summed E-state index contributed by atoms with van der Waals surface area (Å²) in [6.45, 7) is 3.98. The van der Waals surface area contributed by atoms with Crippen molar-refractivity contribution >= 4 is 44.1 Å². The van der Waals surface area contributed by atoms with Gasteiger partial charge in [0, 0.05) is 6.42 Å². The Morgan fingerprint density at radius 3 is 2.12 bits per heavy atom. The first-order valence-electron chi connectivity index (χ1n) is 5.17. The van der Waals surface area contributed by atoms with Crippen molar-refractivity contribution in [1.82, 2.24) is 0 Å². The lowest BCUT2D eigenvalue weighted by Crippen LogP contribution is -2.11. The van der Waals surface area contributed by atoms with Gasteiger partial charge in [0.1, 0.15) is 4.83 Å². The van der Waals surface area contributed by atoms with Crippen LogP contribution < -0.4 is 0 Å². The van der Waals surface area contributed by atoms with Gasteiger partial charge < -0.3 is 8.93 Å². The third-order valence-electron chi connectivity index (χ3n) is 1.63. The van der Waals surface area contributed by atoms with E-state index < -0.39 is 5.97 Å². The van der Waals surface area contributed by atoms with E-state index in [2.05, 4.69) is 36.0 Å². The van der Waals surface area contributed by atoms with Gasteiger partial charge >= 0.3 is 11.9 Å². The average molecular weight is 362 g/mol. The van der Waals surface area contributed by atoms with Crippen LogP contribution in [0.1, 0.15) is 46.0 Å². The van der Waals surface area contributed by atoms with Crippen LogP contribution in [0.15, 0.2) is 0 Å². The number of halogens is 2. The maximum absolute atomic E-state index is 10.3. The standard InChI is InChI=1S/2C5H9BrO2/c1-2-3-4-5(7)8-6;1-2-3-4(6)5(7)8/h2-4H2,1H3;4H,2-3H2,1H3,(H,7,8). The number of hydrogen-bond donors (Lipinski definition) is 1. The van der Waals surface area contributed by atoms with E-state index in [1.807, 2.05) is 13.8 Å². The fourth-order valence-corrected chi connectivity index (χ4v) is 1.36. The lowest BCUT2D eigenvalue weighted by atomic mass is 10.2. The number of alkyl halides is 1. The zero-order chi connectivity index (χ0) is 13.0. The van der Waals surface area contributed by atoms with Crippen LogP contribution in [-0.4, -0.2) is 21.9 Å². The number of aliphatic carboxylic acids is 1. The summed E-state index contributed by atoms with van der Waals surface area (Å²) in [5.74, 6) is -0.960. The number of carbonyl (C=O) groups is 2. The Bertz CT molecular complexity index is 195. The number of carboxylic acid groups (broad SMARTS) is 1. The molecule has 6 heteroatoms. The molecule has 0 spiro atoms. The number of carbonyl (C=O) groups excluding carboxylic acids is 1. The maximum atomic E-state index is 10.3. The molecule has 0 aromatic rings. The van der Waals surface area contributed by atoms with Crippen molar-refractivity contribution < 1.29 is 18.5 Å². The van der Waals surface area contributed by atoms with Gasteiger partial charge in [-0.15, -0.1) is 0 Å². The van der Waals surface area contributed by atoms with Gasteiger partial charge in [0.05, 0.1) is 0 Å². The van der Waals surface area contributed by atoms with Crippen LogP contribution in [0.25, 0.3) is 0 Å². The minimum absolute atomic E-state index is 0.188. The molecule has 0 saturated heterocycles. The van der Waals surface area contributed by atoms with Crippen molar-refractivity contribution in [3.8, 4) is 0 Å². The van der Waals surface area contributed by atoms with Crippen molar-refractivity contribution in [2.45, 2.75) is 50.8 Å². The quantitative estimate of drug-likeness (QED) is 0.733. The zero-order valence-corrected chi connectivity index (χ0v) is 12.7. The third-order valence-corrected chi connectivity index (χ3v) is 2.84. The molecule has 0 aliphatic carbocycles. The molecule has 0 aromatic carbocycles. The van der Waals surface area contributed by atoms with Crippen molar-refractivity contribution in [3.63, 3.8) is 0 Å². The molecule has 0 radical (unpaired) electrons. The second kappa shape index (κ2) is 13.0. The van der Waals surface area contributed by atoms with Crippen LogP contribution in [0, 0.1) is 0 Å². The monoisotopic (exact) mass is 360 g/mol. The number of carboxylic acids is 1. The molecule has 0 aliphatic heterocycles. The number of hydrogen-bond acceptors (Lipinski definition) is 3. The molecule has 0 amide bonds. The summed E-state index contributed by atoms with van der Waals surface area (Å²) in [5.41, 5.74) is 0. The number of unbranched alkanes of at least 4 members (excludes halogenated alkanes) is 1. The molecule has 16 heavy (non-hydrogen) atoms. The summed E-state index contributed by atoms with van der Waals surface area (Å²) in [5, 5.41) is 8.27. The Morgan fingerprint density at radius 2 is 1.88 bits per heavy atom. The average Bonchev–Trinajstić information content (AvgIpc) is 2.27. The van der Waals surface area contributed by atoms with E-state index >= 15 is 0 Å². The third kappa shape index (κ3) is 13.9. The molecule has 1 atom stereocenters. The highest BCUT2D eigenvalue weighted by Crippen LogP contribution is 2.06. The Morgan fingerprint density at radius 1 is 1.31 bits per heavy atom. The Labute approximate surface area is 113 Å². The van der Waals surface area contributed by atoms with E-state index in [9.17, 15) is 9.59 Å². The van der Waals surface area contributed by atoms with Crippen LogP contribution in [0.3, 0.4) is 0 Å². The Kier molecular flexibility index (Phi) is 14.8. The first kappa shape index (κ1) is 18.3. The van der Waals surface area contributed by atoms with E-state index in [0.29, 0.717) is 12.8 Å². The van der Waals surface area contributed by atoms with Gasteiger partial charge in [-0.05, 0) is 12.8 Å².